The van der Waals surface area contributed by atoms with E-state index in [1.54, 1.807) is 26.4 Å². The maximum absolute atomic E-state index is 13.7. The summed E-state index contributed by atoms with van der Waals surface area (Å²) in [5, 5.41) is 17.5. The topological polar surface area (TPSA) is 103 Å². The van der Waals surface area contributed by atoms with Crippen LogP contribution >= 0.6 is 0 Å². The van der Waals surface area contributed by atoms with E-state index in [4.69, 9.17) is 18.7 Å². The molecule has 2 aromatic carbocycles. The third-order valence-electron chi connectivity index (χ3n) is 6.68. The fourth-order valence-electron chi connectivity index (χ4n) is 5.02. The molecule has 0 saturated carbocycles. The fourth-order valence-corrected chi connectivity index (χ4v) is 5.02. The lowest BCUT2D eigenvalue weighted by Crippen LogP contribution is -2.29. The van der Waals surface area contributed by atoms with Gasteiger partial charge in [-0.05, 0) is 43.0 Å². The Bertz CT molecular complexity index is 1310. The van der Waals surface area contributed by atoms with Crippen LogP contribution in [0.3, 0.4) is 0 Å². The van der Waals surface area contributed by atoms with Crippen LogP contribution in [0.15, 0.2) is 52.2 Å². The van der Waals surface area contributed by atoms with Gasteiger partial charge in [0.1, 0.15) is 11.5 Å². The van der Waals surface area contributed by atoms with E-state index < -0.39 is 0 Å². The highest BCUT2D eigenvalue weighted by Crippen LogP contribution is 2.51. The Labute approximate surface area is 197 Å². The number of rotatable bonds is 5. The highest BCUT2D eigenvalue weighted by molar-refractivity contribution is 6.01. The molecule has 0 fully saturated rings. The van der Waals surface area contributed by atoms with E-state index in [0.29, 0.717) is 41.5 Å². The number of Topliss-reactive ketones (excluding diaryl/α,β-unsaturated/α-hetero) is 1. The second-order valence-electron chi connectivity index (χ2n) is 8.53. The molecule has 0 radical (unpaired) electrons. The molecule has 176 valence electrons. The van der Waals surface area contributed by atoms with Gasteiger partial charge >= 0.3 is 0 Å². The van der Waals surface area contributed by atoms with Gasteiger partial charge in [-0.3, -0.25) is 4.79 Å². The number of aromatic hydroxyl groups is 1. The molecule has 2 aliphatic rings. The van der Waals surface area contributed by atoms with Crippen LogP contribution in [0.4, 0.5) is 5.88 Å². The number of hydrogen-bond donors (Lipinski definition) is 2. The van der Waals surface area contributed by atoms with E-state index in [1.165, 1.54) is 7.11 Å². The monoisotopic (exact) mass is 462 g/mol. The van der Waals surface area contributed by atoms with Crippen LogP contribution in [0.2, 0.25) is 0 Å². The summed E-state index contributed by atoms with van der Waals surface area (Å²) in [6.45, 7) is 1.87. The smallest absolute Gasteiger partial charge is 0.233 e. The number of methoxy groups -OCH3 is 3. The number of ketones is 1. The van der Waals surface area contributed by atoms with Crippen LogP contribution in [-0.4, -0.2) is 37.4 Å². The third-order valence-corrected chi connectivity index (χ3v) is 6.68. The van der Waals surface area contributed by atoms with Crippen molar-refractivity contribution < 1.29 is 28.6 Å². The zero-order chi connectivity index (χ0) is 24.0. The Hall–Kier alpha value is -3.94. The van der Waals surface area contributed by atoms with E-state index >= 15 is 0 Å². The molecule has 0 amide bonds. The summed E-state index contributed by atoms with van der Waals surface area (Å²) in [6, 6.07) is 10.8. The van der Waals surface area contributed by atoms with Crippen molar-refractivity contribution in [3.63, 3.8) is 0 Å². The minimum absolute atomic E-state index is 0.0416. The number of carbonyl (C=O) groups is 1. The number of carbonyl (C=O) groups excluding carboxylic acids is 1. The Kier molecular flexibility index (Phi) is 5.43. The molecule has 2 heterocycles. The number of nitrogens with one attached hydrogen (secondary N) is 1. The molecule has 5 rings (SSSR count). The Morgan fingerprint density at radius 3 is 2.56 bits per heavy atom. The van der Waals surface area contributed by atoms with Gasteiger partial charge in [-0.25, -0.2) is 0 Å². The standard InChI is InChI=1S/C26H26N2O6/c1-13-23-24(17-7-6-16(31-2)12-21(17)32-3)25-18(27-26(23)34-28-13)9-15(10-20(25)30)14-5-8-19(29)22(11-14)33-4/h5-8,11-12,15,24,27,29H,9-10H2,1-4H3. The predicted octanol–water partition coefficient (Wildman–Crippen LogP) is 4.67. The van der Waals surface area contributed by atoms with Crippen LogP contribution in [0.1, 0.15) is 47.1 Å². The third kappa shape index (κ3) is 3.46. The van der Waals surface area contributed by atoms with Crippen molar-refractivity contribution in [1.29, 1.82) is 0 Å². The van der Waals surface area contributed by atoms with E-state index in [1.807, 2.05) is 31.2 Å². The molecule has 8 nitrogen and oxygen atoms in total. The molecule has 2 N–H and O–H groups in total. The Morgan fingerprint density at radius 1 is 1.03 bits per heavy atom. The summed E-state index contributed by atoms with van der Waals surface area (Å²) in [6.07, 6.45) is 0.937. The first-order valence-corrected chi connectivity index (χ1v) is 11.0. The van der Waals surface area contributed by atoms with Crippen molar-refractivity contribution in [3.8, 4) is 23.0 Å². The summed E-state index contributed by atoms with van der Waals surface area (Å²) >= 11 is 0. The first kappa shape index (κ1) is 21.9. The molecule has 1 aliphatic carbocycles. The number of allylic oxidation sites excluding steroid dienone is 2. The van der Waals surface area contributed by atoms with Crippen LogP contribution in [0, 0.1) is 6.92 Å². The van der Waals surface area contributed by atoms with Crippen LogP contribution < -0.4 is 19.5 Å². The molecule has 3 aromatic rings. The fraction of sp³-hybridized carbons (Fsp3) is 0.308. The average molecular weight is 463 g/mol. The van der Waals surface area contributed by atoms with Crippen molar-refractivity contribution in [2.24, 2.45) is 0 Å². The summed E-state index contributed by atoms with van der Waals surface area (Å²) in [5.41, 5.74) is 4.83. The van der Waals surface area contributed by atoms with Crippen molar-refractivity contribution in [3.05, 3.63) is 70.1 Å². The second-order valence-corrected chi connectivity index (χ2v) is 8.53. The van der Waals surface area contributed by atoms with Gasteiger partial charge in [-0.15, -0.1) is 0 Å². The first-order chi connectivity index (χ1) is 16.4. The number of fused-ring (bicyclic) bond motifs is 1. The minimum Gasteiger partial charge on any atom is -0.504 e. The number of anilines is 1. The van der Waals surface area contributed by atoms with Gasteiger partial charge < -0.3 is 29.2 Å². The maximum Gasteiger partial charge on any atom is 0.233 e. The van der Waals surface area contributed by atoms with E-state index in [-0.39, 0.29) is 23.4 Å². The summed E-state index contributed by atoms with van der Waals surface area (Å²) in [7, 11) is 4.72. The van der Waals surface area contributed by atoms with E-state index in [9.17, 15) is 9.90 Å². The van der Waals surface area contributed by atoms with E-state index in [0.717, 1.165) is 28.1 Å². The quantitative estimate of drug-likeness (QED) is 0.564. The van der Waals surface area contributed by atoms with Gasteiger partial charge in [0.25, 0.3) is 0 Å². The van der Waals surface area contributed by atoms with Crippen molar-refractivity contribution >= 4 is 11.7 Å². The molecule has 0 spiro atoms. The van der Waals surface area contributed by atoms with Crippen LogP contribution in [-0.2, 0) is 4.79 Å². The van der Waals surface area contributed by atoms with Crippen molar-refractivity contribution in [2.75, 3.05) is 26.6 Å². The Morgan fingerprint density at radius 2 is 1.82 bits per heavy atom. The molecule has 2 unspecified atom stereocenters. The highest BCUT2D eigenvalue weighted by Gasteiger charge is 2.42. The van der Waals surface area contributed by atoms with Crippen LogP contribution in [0.5, 0.6) is 23.0 Å². The predicted molar refractivity (Wildman–Crippen MR) is 125 cm³/mol. The average Bonchev–Trinajstić information content (AvgIpc) is 3.22. The largest absolute Gasteiger partial charge is 0.504 e. The number of aromatic nitrogens is 1. The number of hydrogen-bond acceptors (Lipinski definition) is 8. The molecule has 1 aromatic heterocycles. The number of ether oxygens (including phenoxy) is 3. The maximum atomic E-state index is 13.7. The van der Waals surface area contributed by atoms with Crippen LogP contribution in [0.25, 0.3) is 0 Å². The molecule has 1 aliphatic heterocycles. The molecule has 0 bridgehead atoms. The number of nitrogens with zero attached hydrogens (tertiary/aromatic N) is 1. The molecular weight excluding hydrogens is 436 g/mol. The lowest BCUT2D eigenvalue weighted by Gasteiger charge is -2.35. The molecular formula is C26H26N2O6. The Balaban J connectivity index is 1.62. The summed E-state index contributed by atoms with van der Waals surface area (Å²) in [4.78, 5) is 13.7. The lowest BCUT2D eigenvalue weighted by atomic mass is 9.72. The van der Waals surface area contributed by atoms with E-state index in [2.05, 4.69) is 10.5 Å². The number of aryl methyl sites for hydroxylation is 1. The number of phenolic OH excluding ortho intramolecular Hbond substituents is 1. The molecule has 34 heavy (non-hydrogen) atoms. The number of phenols is 1. The first-order valence-electron chi connectivity index (χ1n) is 11.0. The molecule has 0 saturated heterocycles. The second kappa shape index (κ2) is 8.44. The highest BCUT2D eigenvalue weighted by atomic mass is 16.5. The van der Waals surface area contributed by atoms with Gasteiger partial charge in [0.15, 0.2) is 17.3 Å². The van der Waals surface area contributed by atoms with Gasteiger partial charge in [0.05, 0.1) is 38.5 Å². The molecule has 2 atom stereocenters. The zero-order valence-electron chi connectivity index (χ0n) is 19.5. The van der Waals surface area contributed by atoms with Crippen molar-refractivity contribution in [1.82, 2.24) is 5.16 Å². The van der Waals surface area contributed by atoms with Gasteiger partial charge in [0.2, 0.25) is 5.88 Å². The lowest BCUT2D eigenvalue weighted by molar-refractivity contribution is -0.116. The van der Waals surface area contributed by atoms with Gasteiger partial charge in [-0.2, -0.15) is 0 Å². The molecule has 8 heteroatoms. The number of benzene rings is 2. The summed E-state index contributed by atoms with van der Waals surface area (Å²) in [5.74, 6) is 1.88. The van der Waals surface area contributed by atoms with Gasteiger partial charge in [0, 0.05) is 29.3 Å². The summed E-state index contributed by atoms with van der Waals surface area (Å²) < 4.78 is 21.9. The van der Waals surface area contributed by atoms with Crippen molar-refractivity contribution in [2.45, 2.75) is 31.6 Å². The van der Waals surface area contributed by atoms with Gasteiger partial charge in [-0.1, -0.05) is 17.3 Å². The normalized spacial score (nSPS) is 19.2. The minimum atomic E-state index is -0.374. The zero-order valence-corrected chi connectivity index (χ0v) is 19.5. The SMILES string of the molecule is COc1ccc(C2C3=C(CC(c4ccc(O)c(OC)c4)CC3=O)Nc3onc(C)c32)c(OC)c1.